The lowest BCUT2D eigenvalue weighted by atomic mass is 10.2. The minimum absolute atomic E-state index is 0.460. The molecule has 1 aromatic heterocycles. The van der Waals surface area contributed by atoms with Gasteiger partial charge in [-0.3, -0.25) is 9.59 Å². The number of imidazole rings is 1. The first-order chi connectivity index (χ1) is 8.47. The molecule has 0 saturated carbocycles. The van der Waals surface area contributed by atoms with Crippen LogP contribution in [0.3, 0.4) is 0 Å². The maximum atomic E-state index is 11.6. The number of aromatic amines is 1. The number of nitrogens with one attached hydrogen (secondary N) is 1. The fourth-order valence-corrected chi connectivity index (χ4v) is 1.73. The number of anilines is 1. The number of carbonyl (C=O) groups excluding carboxylic acids is 1. The molecule has 0 bridgehead atoms. The van der Waals surface area contributed by atoms with Crippen molar-refractivity contribution >= 4 is 28.6 Å². The van der Waals surface area contributed by atoms with E-state index in [4.69, 9.17) is 5.11 Å². The van der Waals surface area contributed by atoms with E-state index in [0.717, 1.165) is 16.9 Å². The fraction of sp³-hybridized carbons (Fsp3) is 0.250. The summed E-state index contributed by atoms with van der Waals surface area (Å²) < 4.78 is 0. The molecular formula is C12H13N3O3. The van der Waals surface area contributed by atoms with Gasteiger partial charge in [0.25, 0.3) is 0 Å². The number of hydrogen-bond acceptors (Lipinski definition) is 3. The van der Waals surface area contributed by atoms with Crippen molar-refractivity contribution in [3.63, 3.8) is 0 Å². The van der Waals surface area contributed by atoms with Crippen LogP contribution in [-0.2, 0) is 9.59 Å². The van der Waals surface area contributed by atoms with Crippen LogP contribution in [0.25, 0.3) is 11.0 Å². The largest absolute Gasteiger partial charge is 0.481 e. The fourth-order valence-electron chi connectivity index (χ4n) is 1.73. The van der Waals surface area contributed by atoms with Crippen LogP contribution in [0.4, 0.5) is 5.69 Å². The Hall–Kier alpha value is -2.37. The van der Waals surface area contributed by atoms with Gasteiger partial charge >= 0.3 is 5.97 Å². The molecule has 1 amide bonds. The third kappa shape index (κ3) is 2.32. The summed E-state index contributed by atoms with van der Waals surface area (Å²) in [6.45, 7) is 1.85. The number of aliphatic carboxylic acids is 1. The topological polar surface area (TPSA) is 86.3 Å². The van der Waals surface area contributed by atoms with Gasteiger partial charge in [0, 0.05) is 12.7 Å². The lowest BCUT2D eigenvalue weighted by molar-refractivity contribution is -0.140. The molecule has 1 heterocycles. The molecule has 6 nitrogen and oxygen atoms in total. The van der Waals surface area contributed by atoms with E-state index in [1.54, 1.807) is 25.2 Å². The first kappa shape index (κ1) is 12.1. The normalized spacial score (nSPS) is 10.6. The predicted molar refractivity (Wildman–Crippen MR) is 66.5 cm³/mol. The van der Waals surface area contributed by atoms with Gasteiger partial charge < -0.3 is 15.0 Å². The van der Waals surface area contributed by atoms with Crippen LogP contribution in [0.1, 0.15) is 12.2 Å². The first-order valence-electron chi connectivity index (χ1n) is 5.42. The Morgan fingerprint density at radius 1 is 1.44 bits per heavy atom. The Morgan fingerprint density at radius 2 is 2.17 bits per heavy atom. The van der Waals surface area contributed by atoms with Crippen molar-refractivity contribution in [2.45, 2.75) is 13.3 Å². The number of rotatable bonds is 3. The Morgan fingerprint density at radius 3 is 2.83 bits per heavy atom. The van der Waals surface area contributed by atoms with Crippen molar-refractivity contribution in [1.82, 2.24) is 9.97 Å². The summed E-state index contributed by atoms with van der Waals surface area (Å²) in [7, 11) is 1.55. The highest BCUT2D eigenvalue weighted by Crippen LogP contribution is 2.20. The maximum absolute atomic E-state index is 11.6. The Balaban J connectivity index is 2.29. The molecule has 0 aliphatic carbocycles. The van der Waals surface area contributed by atoms with Gasteiger partial charge in [0.05, 0.1) is 11.0 Å². The predicted octanol–water partition coefficient (Wildman–Crippen LogP) is 1.31. The second-order valence-electron chi connectivity index (χ2n) is 4.05. The van der Waals surface area contributed by atoms with E-state index in [2.05, 4.69) is 9.97 Å². The standard InChI is InChI=1S/C12H13N3O3/c1-7-13-9-4-3-8(5-10(9)14-7)15(2)11(16)6-12(17)18/h3-5H,6H2,1-2H3,(H,13,14)(H,17,18). The number of amides is 1. The number of benzene rings is 1. The zero-order valence-electron chi connectivity index (χ0n) is 10.1. The van der Waals surface area contributed by atoms with Gasteiger partial charge in [0.1, 0.15) is 12.2 Å². The molecule has 0 saturated heterocycles. The third-order valence-electron chi connectivity index (χ3n) is 2.65. The number of carboxylic acids is 1. The minimum atomic E-state index is -1.13. The molecule has 0 aliphatic heterocycles. The molecule has 0 unspecified atom stereocenters. The lowest BCUT2D eigenvalue weighted by Gasteiger charge is -2.16. The number of nitrogens with zero attached hydrogens (tertiary/aromatic N) is 2. The second kappa shape index (κ2) is 4.48. The average Bonchev–Trinajstić information content (AvgIpc) is 2.65. The van der Waals surface area contributed by atoms with E-state index < -0.39 is 18.3 Å². The Kier molecular flexibility index (Phi) is 3.01. The van der Waals surface area contributed by atoms with Gasteiger partial charge in [-0.1, -0.05) is 0 Å². The van der Waals surface area contributed by atoms with Gasteiger partial charge in [-0.25, -0.2) is 4.98 Å². The van der Waals surface area contributed by atoms with Crippen molar-refractivity contribution in [3.05, 3.63) is 24.0 Å². The van der Waals surface area contributed by atoms with Crippen LogP contribution in [0, 0.1) is 6.92 Å². The molecular weight excluding hydrogens is 234 g/mol. The van der Waals surface area contributed by atoms with Crippen LogP contribution in [0.2, 0.25) is 0 Å². The zero-order chi connectivity index (χ0) is 13.3. The molecule has 0 fully saturated rings. The quantitative estimate of drug-likeness (QED) is 0.800. The number of carboxylic acid groups (broad SMARTS) is 1. The van der Waals surface area contributed by atoms with Crippen molar-refractivity contribution < 1.29 is 14.7 Å². The van der Waals surface area contributed by atoms with Gasteiger partial charge in [-0.05, 0) is 25.1 Å². The van der Waals surface area contributed by atoms with Crippen LogP contribution in [0.5, 0.6) is 0 Å². The average molecular weight is 247 g/mol. The summed E-state index contributed by atoms with van der Waals surface area (Å²) in [4.78, 5) is 30.8. The summed E-state index contributed by atoms with van der Waals surface area (Å²) >= 11 is 0. The molecule has 2 aromatic rings. The SMILES string of the molecule is Cc1nc2ccc(N(C)C(=O)CC(=O)O)cc2[nH]1. The molecule has 0 spiro atoms. The van der Waals surface area contributed by atoms with Gasteiger partial charge in [0.2, 0.25) is 5.91 Å². The number of aromatic nitrogens is 2. The highest BCUT2D eigenvalue weighted by Gasteiger charge is 2.15. The number of H-pyrrole nitrogens is 1. The third-order valence-corrected chi connectivity index (χ3v) is 2.65. The smallest absolute Gasteiger partial charge is 0.312 e. The molecule has 6 heteroatoms. The zero-order valence-corrected chi connectivity index (χ0v) is 10.1. The van der Waals surface area contributed by atoms with E-state index in [-0.39, 0.29) is 0 Å². The van der Waals surface area contributed by atoms with E-state index in [1.165, 1.54) is 4.90 Å². The van der Waals surface area contributed by atoms with Crippen LogP contribution in [0.15, 0.2) is 18.2 Å². The van der Waals surface area contributed by atoms with Gasteiger partial charge in [0.15, 0.2) is 0 Å². The molecule has 18 heavy (non-hydrogen) atoms. The van der Waals surface area contributed by atoms with Crippen molar-refractivity contribution in [1.29, 1.82) is 0 Å². The van der Waals surface area contributed by atoms with Crippen molar-refractivity contribution in [2.24, 2.45) is 0 Å². The minimum Gasteiger partial charge on any atom is -0.481 e. The Bertz CT molecular complexity index is 618. The monoisotopic (exact) mass is 247 g/mol. The Labute approximate surface area is 103 Å². The summed E-state index contributed by atoms with van der Waals surface area (Å²) in [5, 5.41) is 8.59. The molecule has 0 aliphatic rings. The number of fused-ring (bicyclic) bond motifs is 1. The number of carbonyl (C=O) groups is 2. The molecule has 2 N–H and O–H groups in total. The molecule has 2 rings (SSSR count). The van der Waals surface area contributed by atoms with Crippen LogP contribution < -0.4 is 4.90 Å². The highest BCUT2D eigenvalue weighted by molar-refractivity contribution is 6.03. The van der Waals surface area contributed by atoms with E-state index in [9.17, 15) is 9.59 Å². The highest BCUT2D eigenvalue weighted by atomic mass is 16.4. The first-order valence-corrected chi connectivity index (χ1v) is 5.42. The van der Waals surface area contributed by atoms with Crippen LogP contribution in [-0.4, -0.2) is 34.0 Å². The number of aryl methyl sites for hydroxylation is 1. The maximum Gasteiger partial charge on any atom is 0.312 e. The summed E-state index contributed by atoms with van der Waals surface area (Å²) in [6.07, 6.45) is -0.517. The second-order valence-corrected chi connectivity index (χ2v) is 4.05. The summed E-state index contributed by atoms with van der Waals surface area (Å²) in [5.74, 6) is -0.801. The summed E-state index contributed by atoms with van der Waals surface area (Å²) in [5.41, 5.74) is 2.27. The van der Waals surface area contributed by atoms with E-state index >= 15 is 0 Å². The molecule has 94 valence electrons. The van der Waals surface area contributed by atoms with E-state index in [1.807, 2.05) is 6.92 Å². The van der Waals surface area contributed by atoms with E-state index in [0.29, 0.717) is 5.69 Å². The molecule has 1 aromatic carbocycles. The summed E-state index contributed by atoms with van der Waals surface area (Å²) in [6, 6.07) is 5.30. The molecule has 0 radical (unpaired) electrons. The van der Waals surface area contributed by atoms with Crippen molar-refractivity contribution in [2.75, 3.05) is 11.9 Å². The van der Waals surface area contributed by atoms with Crippen molar-refractivity contribution in [3.8, 4) is 0 Å². The molecule has 0 atom stereocenters. The van der Waals surface area contributed by atoms with Crippen LogP contribution >= 0.6 is 0 Å². The number of hydrogen-bond donors (Lipinski definition) is 2. The lowest BCUT2D eigenvalue weighted by Crippen LogP contribution is -2.28. The van der Waals surface area contributed by atoms with Gasteiger partial charge in [-0.2, -0.15) is 0 Å². The van der Waals surface area contributed by atoms with Gasteiger partial charge in [-0.15, -0.1) is 0 Å².